The molecule has 0 amide bonds. The highest BCUT2D eigenvalue weighted by Crippen LogP contribution is 2.43. The molecule has 0 saturated carbocycles. The smallest absolute Gasteiger partial charge is 0.182 e. The van der Waals surface area contributed by atoms with Gasteiger partial charge >= 0.3 is 0 Å². The van der Waals surface area contributed by atoms with Crippen LogP contribution in [0.4, 0.5) is 0 Å². The van der Waals surface area contributed by atoms with Gasteiger partial charge < -0.3 is 14.6 Å². The average molecular weight is 304 g/mol. The normalized spacial score (nSPS) is 11.1. The third kappa shape index (κ3) is 2.12. The molecule has 4 heteroatoms. The molecule has 0 aromatic heterocycles. The first-order valence-corrected chi connectivity index (χ1v) is 7.11. The minimum atomic E-state index is -0.163. The molecule has 2 aromatic carbocycles. The van der Waals surface area contributed by atoms with Crippen molar-refractivity contribution in [2.45, 2.75) is 0 Å². The number of phenolic OH excluding ortho intramolecular Hbond substituents is 2. The van der Waals surface area contributed by atoms with Gasteiger partial charge in [-0.05, 0) is 30.3 Å². The van der Waals surface area contributed by atoms with Crippen LogP contribution in [-0.4, -0.2) is 10.2 Å². The van der Waals surface area contributed by atoms with Gasteiger partial charge in [-0.3, -0.25) is 4.79 Å². The summed E-state index contributed by atoms with van der Waals surface area (Å²) in [5, 5.41) is 20.7. The first-order valence-electron chi connectivity index (χ1n) is 7.11. The fourth-order valence-corrected chi connectivity index (χ4v) is 2.83. The first kappa shape index (κ1) is 13.4. The van der Waals surface area contributed by atoms with Crippen LogP contribution in [0.25, 0.3) is 33.4 Å². The summed E-state index contributed by atoms with van der Waals surface area (Å²) in [6.07, 6.45) is 0. The highest BCUT2D eigenvalue weighted by molar-refractivity contribution is 6.03. The molecule has 0 fully saturated rings. The van der Waals surface area contributed by atoms with Gasteiger partial charge in [-0.2, -0.15) is 0 Å². The van der Waals surface area contributed by atoms with E-state index in [2.05, 4.69) is 0 Å². The molecule has 0 unspecified atom stereocenters. The van der Waals surface area contributed by atoms with Crippen molar-refractivity contribution in [1.82, 2.24) is 0 Å². The van der Waals surface area contributed by atoms with Crippen molar-refractivity contribution in [2.75, 3.05) is 0 Å². The Kier molecular flexibility index (Phi) is 2.84. The molecular formula is C19H12O4. The SMILES string of the molecule is O=c1ccc2c(-c3ccccc3O)c3ccc(O)cc3oc-2c1. The molecule has 2 aromatic rings. The van der Waals surface area contributed by atoms with E-state index < -0.39 is 0 Å². The fraction of sp³-hybridized carbons (Fsp3) is 0. The molecule has 1 heterocycles. The van der Waals surface area contributed by atoms with Gasteiger partial charge in [0.05, 0.1) is 0 Å². The Hall–Kier alpha value is -3.27. The number of benzene rings is 3. The molecule has 1 aliphatic heterocycles. The maximum Gasteiger partial charge on any atom is 0.182 e. The number of hydrogen-bond acceptors (Lipinski definition) is 4. The van der Waals surface area contributed by atoms with Gasteiger partial charge in [0.1, 0.15) is 22.8 Å². The number of fused-ring (bicyclic) bond motifs is 2. The van der Waals surface area contributed by atoms with Crippen LogP contribution in [0.1, 0.15) is 0 Å². The molecule has 0 radical (unpaired) electrons. The maximum atomic E-state index is 11.6. The van der Waals surface area contributed by atoms with E-state index in [0.29, 0.717) is 16.9 Å². The minimum absolute atomic E-state index is 0.0714. The van der Waals surface area contributed by atoms with E-state index in [4.69, 9.17) is 4.42 Å². The van der Waals surface area contributed by atoms with Crippen LogP contribution in [0.15, 0.2) is 69.9 Å². The molecule has 2 N–H and O–H groups in total. The zero-order valence-electron chi connectivity index (χ0n) is 12.0. The highest BCUT2D eigenvalue weighted by atomic mass is 16.3. The maximum absolute atomic E-state index is 11.6. The van der Waals surface area contributed by atoms with E-state index in [9.17, 15) is 15.0 Å². The second-order valence-corrected chi connectivity index (χ2v) is 5.33. The number of hydrogen-bond donors (Lipinski definition) is 2. The summed E-state index contributed by atoms with van der Waals surface area (Å²) in [4.78, 5) is 11.6. The lowest BCUT2D eigenvalue weighted by Crippen LogP contribution is -1.99. The predicted molar refractivity (Wildman–Crippen MR) is 87.9 cm³/mol. The van der Waals surface area contributed by atoms with Crippen LogP contribution in [0.3, 0.4) is 0 Å². The van der Waals surface area contributed by atoms with Gasteiger partial charge in [0.15, 0.2) is 5.43 Å². The summed E-state index contributed by atoms with van der Waals surface area (Å²) in [6.45, 7) is 0. The summed E-state index contributed by atoms with van der Waals surface area (Å²) in [5.74, 6) is 0.622. The molecule has 1 aliphatic carbocycles. The lowest BCUT2D eigenvalue weighted by Gasteiger charge is -2.15. The minimum Gasteiger partial charge on any atom is -0.508 e. The van der Waals surface area contributed by atoms with E-state index in [1.807, 2.05) is 12.1 Å². The van der Waals surface area contributed by atoms with Crippen LogP contribution in [0.5, 0.6) is 11.5 Å². The van der Waals surface area contributed by atoms with Crippen molar-refractivity contribution < 1.29 is 14.6 Å². The summed E-state index contributed by atoms with van der Waals surface area (Å²) >= 11 is 0. The molecule has 0 atom stereocenters. The third-order valence-electron chi connectivity index (χ3n) is 3.85. The van der Waals surface area contributed by atoms with Gasteiger partial charge in [0.25, 0.3) is 0 Å². The number of aromatic hydroxyl groups is 2. The Morgan fingerprint density at radius 2 is 1.65 bits per heavy atom. The van der Waals surface area contributed by atoms with Gasteiger partial charge in [-0.1, -0.05) is 18.2 Å². The average Bonchev–Trinajstić information content (AvgIpc) is 2.53. The highest BCUT2D eigenvalue weighted by Gasteiger charge is 2.19. The summed E-state index contributed by atoms with van der Waals surface area (Å²) in [7, 11) is 0. The Morgan fingerprint density at radius 1 is 0.826 bits per heavy atom. The lowest BCUT2D eigenvalue weighted by atomic mass is 9.93. The fourth-order valence-electron chi connectivity index (χ4n) is 2.83. The second kappa shape index (κ2) is 4.88. The zero-order chi connectivity index (χ0) is 16.0. The molecule has 4 nitrogen and oxygen atoms in total. The summed E-state index contributed by atoms with van der Waals surface area (Å²) < 4.78 is 5.77. The van der Waals surface area contributed by atoms with Crippen LogP contribution in [0, 0.1) is 0 Å². The Balaban J connectivity index is 2.23. The number of rotatable bonds is 1. The topological polar surface area (TPSA) is 70.7 Å². The molecule has 112 valence electrons. The van der Waals surface area contributed by atoms with Gasteiger partial charge in [-0.15, -0.1) is 0 Å². The Labute approximate surface area is 131 Å². The first-order chi connectivity index (χ1) is 11.1. The van der Waals surface area contributed by atoms with Crippen molar-refractivity contribution in [3.63, 3.8) is 0 Å². The standard InChI is InChI=1S/C19H12O4/c20-11-5-7-14-17(9-11)23-18-10-12(21)6-8-15(18)19(14)13-3-1-2-4-16(13)22/h1-10,20,22H. The van der Waals surface area contributed by atoms with Crippen LogP contribution >= 0.6 is 0 Å². The number of phenols is 2. The molecule has 4 rings (SSSR count). The van der Waals surface area contributed by atoms with Gasteiger partial charge in [-0.25, -0.2) is 0 Å². The molecular weight excluding hydrogens is 292 g/mol. The lowest BCUT2D eigenvalue weighted by molar-refractivity contribution is 0.474. The predicted octanol–water partition coefficient (Wildman–Crippen LogP) is 3.98. The van der Waals surface area contributed by atoms with E-state index in [0.717, 1.165) is 16.5 Å². The monoisotopic (exact) mass is 304 g/mol. The van der Waals surface area contributed by atoms with Crippen molar-refractivity contribution in [2.24, 2.45) is 0 Å². The molecule has 0 spiro atoms. The number of para-hydroxylation sites is 1. The van der Waals surface area contributed by atoms with E-state index >= 15 is 0 Å². The van der Waals surface area contributed by atoms with Crippen molar-refractivity contribution in [3.05, 3.63) is 70.9 Å². The van der Waals surface area contributed by atoms with E-state index in [1.165, 1.54) is 18.2 Å². The van der Waals surface area contributed by atoms with Crippen LogP contribution in [0.2, 0.25) is 0 Å². The molecule has 0 bridgehead atoms. The molecule has 23 heavy (non-hydrogen) atoms. The van der Waals surface area contributed by atoms with Gasteiger partial charge in [0, 0.05) is 34.2 Å². The van der Waals surface area contributed by atoms with Gasteiger partial charge in [0.2, 0.25) is 0 Å². The van der Waals surface area contributed by atoms with Crippen LogP contribution < -0.4 is 5.43 Å². The van der Waals surface area contributed by atoms with Crippen molar-refractivity contribution in [3.8, 4) is 33.9 Å². The Bertz CT molecular complexity index is 1060. The van der Waals surface area contributed by atoms with Crippen molar-refractivity contribution in [1.29, 1.82) is 0 Å². The van der Waals surface area contributed by atoms with E-state index in [-0.39, 0.29) is 16.9 Å². The summed E-state index contributed by atoms with van der Waals surface area (Å²) in [6, 6.07) is 16.4. The third-order valence-corrected chi connectivity index (χ3v) is 3.85. The zero-order valence-corrected chi connectivity index (χ0v) is 12.0. The van der Waals surface area contributed by atoms with E-state index in [1.54, 1.807) is 30.3 Å². The Morgan fingerprint density at radius 3 is 2.48 bits per heavy atom. The summed E-state index contributed by atoms with van der Waals surface area (Å²) in [5.41, 5.74) is 2.41. The van der Waals surface area contributed by atoms with Crippen molar-refractivity contribution >= 4 is 11.0 Å². The second-order valence-electron chi connectivity index (χ2n) is 5.33. The molecule has 0 saturated heterocycles. The quantitative estimate of drug-likeness (QED) is 0.522. The molecule has 2 aliphatic rings. The largest absolute Gasteiger partial charge is 0.508 e. The van der Waals surface area contributed by atoms with Crippen LogP contribution in [-0.2, 0) is 0 Å².